The third-order valence-corrected chi connectivity index (χ3v) is 5.60. The van der Waals surface area contributed by atoms with Crippen LogP contribution >= 0.6 is 11.3 Å². The first-order valence-electron chi connectivity index (χ1n) is 7.65. The Hall–Kier alpha value is -1.86. The van der Waals surface area contributed by atoms with Crippen LogP contribution in [0.25, 0.3) is 0 Å². The summed E-state index contributed by atoms with van der Waals surface area (Å²) < 4.78 is 23.3. The number of hydrogen-bond acceptors (Lipinski definition) is 4. The van der Waals surface area contributed by atoms with E-state index >= 15 is 0 Å². The lowest BCUT2D eigenvalue weighted by atomic mass is 10.1. The van der Waals surface area contributed by atoms with Gasteiger partial charge in [-0.3, -0.25) is 4.99 Å². The predicted octanol–water partition coefficient (Wildman–Crippen LogP) is 2.37. The number of guanidine groups is 1. The van der Waals surface area contributed by atoms with Crippen molar-refractivity contribution >= 4 is 27.1 Å². The molecule has 0 unspecified atom stereocenters. The molecular formula is C17H23N3O2S2. The van der Waals surface area contributed by atoms with Gasteiger partial charge in [0.25, 0.3) is 0 Å². The number of aryl methyl sites for hydroxylation is 1. The number of benzene rings is 1. The van der Waals surface area contributed by atoms with Crippen molar-refractivity contribution in [3.05, 3.63) is 51.7 Å². The van der Waals surface area contributed by atoms with Crippen molar-refractivity contribution in [2.24, 2.45) is 4.99 Å². The van der Waals surface area contributed by atoms with Crippen molar-refractivity contribution in [1.82, 2.24) is 10.6 Å². The number of nitrogens with one attached hydrogen (secondary N) is 2. The van der Waals surface area contributed by atoms with E-state index in [0.29, 0.717) is 11.4 Å². The first-order chi connectivity index (χ1) is 11.4. The molecule has 0 radical (unpaired) electrons. The van der Waals surface area contributed by atoms with Crippen molar-refractivity contribution in [2.75, 3.05) is 19.8 Å². The first-order valence-corrected chi connectivity index (χ1v) is 10.5. The molecule has 130 valence electrons. The monoisotopic (exact) mass is 365 g/mol. The van der Waals surface area contributed by atoms with E-state index in [1.54, 1.807) is 24.5 Å². The summed E-state index contributed by atoms with van der Waals surface area (Å²) >= 11 is 1.70. The van der Waals surface area contributed by atoms with Gasteiger partial charge in [-0.2, -0.15) is 11.3 Å². The fraction of sp³-hybridized carbons (Fsp3) is 0.353. The Balaban J connectivity index is 1.88. The third kappa shape index (κ3) is 5.35. The number of hydrogen-bond donors (Lipinski definition) is 2. The van der Waals surface area contributed by atoms with Crippen LogP contribution in [0.5, 0.6) is 0 Å². The van der Waals surface area contributed by atoms with Gasteiger partial charge in [-0.1, -0.05) is 12.1 Å². The van der Waals surface area contributed by atoms with E-state index in [4.69, 9.17) is 0 Å². The number of aliphatic imine (C=N–C) groups is 1. The van der Waals surface area contributed by atoms with Gasteiger partial charge < -0.3 is 10.6 Å². The molecule has 0 amide bonds. The maximum atomic E-state index is 11.6. The van der Waals surface area contributed by atoms with Crippen LogP contribution < -0.4 is 10.6 Å². The van der Waals surface area contributed by atoms with E-state index in [2.05, 4.69) is 32.5 Å². The van der Waals surface area contributed by atoms with Crippen molar-refractivity contribution in [3.8, 4) is 0 Å². The zero-order valence-corrected chi connectivity index (χ0v) is 15.8. The van der Waals surface area contributed by atoms with E-state index in [0.717, 1.165) is 30.1 Å². The second-order valence-electron chi connectivity index (χ2n) is 5.61. The minimum Gasteiger partial charge on any atom is -0.356 e. The minimum absolute atomic E-state index is 0.379. The van der Waals surface area contributed by atoms with Crippen LogP contribution in [0.1, 0.15) is 16.7 Å². The zero-order chi connectivity index (χ0) is 17.6. The summed E-state index contributed by atoms with van der Waals surface area (Å²) in [5.74, 6) is 0.732. The molecule has 2 N–H and O–H groups in total. The number of sulfone groups is 1. The molecule has 7 heteroatoms. The standard InChI is InChI=1S/C17H23N3O2S2/c1-13-10-15(4-5-16(13)24(3,21)22)11-20-17(18-2)19-8-6-14-7-9-23-12-14/h4-5,7,9-10,12H,6,8,11H2,1-3H3,(H2,18,19,20). The summed E-state index contributed by atoms with van der Waals surface area (Å²) in [6, 6.07) is 7.50. The molecular weight excluding hydrogens is 342 g/mol. The summed E-state index contributed by atoms with van der Waals surface area (Å²) in [5, 5.41) is 10.7. The summed E-state index contributed by atoms with van der Waals surface area (Å²) in [4.78, 5) is 4.58. The quantitative estimate of drug-likeness (QED) is 0.609. The number of nitrogens with zero attached hydrogens (tertiary/aromatic N) is 1. The molecule has 2 aromatic rings. The molecule has 0 fully saturated rings. The lowest BCUT2D eigenvalue weighted by molar-refractivity contribution is 0.601. The Morgan fingerprint density at radius 1 is 1.21 bits per heavy atom. The van der Waals surface area contributed by atoms with Gasteiger partial charge >= 0.3 is 0 Å². The second kappa shape index (κ2) is 8.30. The van der Waals surface area contributed by atoms with Gasteiger partial charge in [0.1, 0.15) is 0 Å². The Morgan fingerprint density at radius 2 is 2.00 bits per heavy atom. The van der Waals surface area contributed by atoms with Gasteiger partial charge in [0.15, 0.2) is 15.8 Å². The van der Waals surface area contributed by atoms with Gasteiger partial charge in [-0.15, -0.1) is 0 Å². The van der Waals surface area contributed by atoms with Crippen LogP contribution in [0.4, 0.5) is 0 Å². The molecule has 5 nitrogen and oxygen atoms in total. The third-order valence-electron chi connectivity index (χ3n) is 3.61. The smallest absolute Gasteiger partial charge is 0.191 e. The van der Waals surface area contributed by atoms with E-state index in [1.807, 2.05) is 19.1 Å². The molecule has 0 saturated heterocycles. The zero-order valence-electron chi connectivity index (χ0n) is 14.2. The summed E-state index contributed by atoms with van der Waals surface area (Å²) in [6.45, 7) is 3.21. The van der Waals surface area contributed by atoms with Crippen LogP contribution in [-0.4, -0.2) is 34.2 Å². The van der Waals surface area contributed by atoms with Gasteiger partial charge in [-0.05, 0) is 52.9 Å². The van der Waals surface area contributed by atoms with Crippen LogP contribution in [-0.2, 0) is 22.8 Å². The van der Waals surface area contributed by atoms with Crippen molar-refractivity contribution < 1.29 is 8.42 Å². The fourth-order valence-corrected chi connectivity index (χ4v) is 4.07. The van der Waals surface area contributed by atoms with Gasteiger partial charge in [-0.25, -0.2) is 8.42 Å². The van der Waals surface area contributed by atoms with E-state index in [1.165, 1.54) is 11.8 Å². The molecule has 0 saturated carbocycles. The molecule has 0 aliphatic rings. The van der Waals surface area contributed by atoms with Crippen LogP contribution in [0.15, 0.2) is 44.9 Å². The highest BCUT2D eigenvalue weighted by Crippen LogP contribution is 2.16. The topological polar surface area (TPSA) is 70.6 Å². The largest absolute Gasteiger partial charge is 0.356 e. The highest BCUT2D eigenvalue weighted by atomic mass is 32.2. The van der Waals surface area contributed by atoms with E-state index < -0.39 is 9.84 Å². The molecule has 0 aliphatic heterocycles. The molecule has 0 aliphatic carbocycles. The summed E-state index contributed by atoms with van der Waals surface area (Å²) in [5.41, 5.74) is 3.09. The highest BCUT2D eigenvalue weighted by molar-refractivity contribution is 7.90. The molecule has 0 spiro atoms. The minimum atomic E-state index is -3.18. The van der Waals surface area contributed by atoms with Crippen molar-refractivity contribution in [3.63, 3.8) is 0 Å². The van der Waals surface area contributed by atoms with Crippen LogP contribution in [0.2, 0.25) is 0 Å². The SMILES string of the molecule is CN=C(NCCc1ccsc1)NCc1ccc(S(C)(=O)=O)c(C)c1. The van der Waals surface area contributed by atoms with Crippen LogP contribution in [0, 0.1) is 6.92 Å². The Kier molecular flexibility index (Phi) is 6.39. The Bertz CT molecular complexity index is 797. The average molecular weight is 366 g/mol. The van der Waals surface area contributed by atoms with Crippen molar-refractivity contribution in [2.45, 2.75) is 24.8 Å². The summed E-state index contributed by atoms with van der Waals surface area (Å²) in [7, 11) is -1.44. The van der Waals surface area contributed by atoms with Crippen LogP contribution in [0.3, 0.4) is 0 Å². The molecule has 2 rings (SSSR count). The number of thiophene rings is 1. The Labute approximate surface area is 147 Å². The maximum absolute atomic E-state index is 11.6. The predicted molar refractivity (Wildman–Crippen MR) is 101 cm³/mol. The highest BCUT2D eigenvalue weighted by Gasteiger charge is 2.10. The lowest BCUT2D eigenvalue weighted by Gasteiger charge is -2.13. The average Bonchev–Trinajstić information content (AvgIpc) is 3.02. The lowest BCUT2D eigenvalue weighted by Crippen LogP contribution is -2.37. The van der Waals surface area contributed by atoms with E-state index in [-0.39, 0.29) is 0 Å². The molecule has 0 bridgehead atoms. The van der Waals surface area contributed by atoms with E-state index in [9.17, 15) is 8.42 Å². The van der Waals surface area contributed by atoms with Crippen molar-refractivity contribution in [1.29, 1.82) is 0 Å². The normalized spacial score (nSPS) is 12.2. The Morgan fingerprint density at radius 3 is 2.58 bits per heavy atom. The molecule has 24 heavy (non-hydrogen) atoms. The molecule has 1 heterocycles. The van der Waals surface area contributed by atoms with Gasteiger partial charge in [0, 0.05) is 26.4 Å². The maximum Gasteiger partial charge on any atom is 0.191 e. The molecule has 1 aromatic carbocycles. The van der Waals surface area contributed by atoms with Gasteiger partial charge in [0.05, 0.1) is 4.90 Å². The fourth-order valence-electron chi connectivity index (χ4n) is 2.40. The summed E-state index contributed by atoms with van der Waals surface area (Å²) in [6.07, 6.45) is 2.18. The molecule has 1 aromatic heterocycles. The molecule has 0 atom stereocenters. The van der Waals surface area contributed by atoms with Gasteiger partial charge in [0.2, 0.25) is 0 Å². The second-order valence-corrected chi connectivity index (χ2v) is 8.37. The number of rotatable bonds is 6. The first kappa shape index (κ1) is 18.5.